The Kier molecular flexibility index (Phi) is 25.0. The molecule has 0 aromatic heterocycles. The zero-order valence-electron chi connectivity index (χ0n) is 25.9. The van der Waals surface area contributed by atoms with E-state index in [1.54, 1.807) is 20.8 Å². The van der Waals surface area contributed by atoms with Crippen molar-refractivity contribution in [3.8, 4) is 0 Å². The van der Waals surface area contributed by atoms with Crippen LogP contribution in [0.3, 0.4) is 0 Å². The molecule has 4 amide bonds. The van der Waals surface area contributed by atoms with Crippen molar-refractivity contribution >= 4 is 78.6 Å². The van der Waals surface area contributed by atoms with E-state index < -0.39 is 41.5 Å². The molecule has 0 aliphatic carbocycles. The summed E-state index contributed by atoms with van der Waals surface area (Å²) in [6.45, 7) is 5.00. The van der Waals surface area contributed by atoms with E-state index in [2.05, 4.69) is 16.0 Å². The fourth-order valence-electron chi connectivity index (χ4n) is 3.70. The number of carbonyl (C=O) groups excluding carboxylic acids is 6. The predicted octanol–water partition coefficient (Wildman–Crippen LogP) is 3.72. The van der Waals surface area contributed by atoms with Crippen molar-refractivity contribution in [2.75, 3.05) is 32.7 Å². The first-order valence-corrected chi connectivity index (χ1v) is 18.7. The molecule has 0 saturated carbocycles. The second-order valence-corrected chi connectivity index (χ2v) is 16.6. The summed E-state index contributed by atoms with van der Waals surface area (Å²) in [5.41, 5.74) is 15.1. The molecule has 2 rings (SSSR count). The van der Waals surface area contributed by atoms with Crippen molar-refractivity contribution in [3.63, 3.8) is 0 Å². The Balaban J connectivity index is 0.00000968. The van der Waals surface area contributed by atoms with Gasteiger partial charge in [0.05, 0.1) is 0 Å². The van der Waals surface area contributed by atoms with Gasteiger partial charge < -0.3 is 37.1 Å². The molecule has 13 nitrogen and oxygen atoms in total. The molecule has 2 saturated heterocycles. The molecule has 2 radical (unpaired) electrons. The van der Waals surface area contributed by atoms with Crippen LogP contribution in [-0.4, -0.2) is 99.9 Å². The van der Waals surface area contributed by atoms with E-state index in [0.717, 1.165) is 4.90 Å². The van der Waals surface area contributed by atoms with Crippen molar-refractivity contribution in [2.45, 2.75) is 92.6 Å². The molecule has 2 aliphatic rings. The van der Waals surface area contributed by atoms with Gasteiger partial charge in [-0.05, 0) is 33.6 Å². The fourth-order valence-corrected chi connectivity index (χ4v) is 6.31. The molecule has 2 atom stereocenters. The molecule has 45 heavy (non-hydrogen) atoms. The molecular formula is C26H42Ac2N6O7S4-2. The molecule has 2 fully saturated rings. The van der Waals surface area contributed by atoms with E-state index in [9.17, 15) is 28.8 Å². The number of carbonyl (C=O) groups is 6. The van der Waals surface area contributed by atoms with Crippen LogP contribution in [0.1, 0.15) is 65.7 Å². The van der Waals surface area contributed by atoms with Crippen LogP contribution in [0.25, 0.3) is 11.5 Å². The molecule has 19 heteroatoms. The molecule has 0 spiro atoms. The van der Waals surface area contributed by atoms with Crippen LogP contribution in [0, 0.1) is 88.1 Å². The second kappa shape index (κ2) is 24.4. The number of rotatable bonds is 21. The first-order valence-electron chi connectivity index (χ1n) is 14.2. The first-order chi connectivity index (χ1) is 20.3. The normalized spacial score (nSPS) is 15.3. The Labute approximate surface area is 352 Å². The van der Waals surface area contributed by atoms with Crippen LogP contribution in [0.2, 0.25) is 0 Å². The molecule has 250 valence electrons. The third-order valence-corrected chi connectivity index (χ3v) is 10.1. The summed E-state index contributed by atoms with van der Waals surface area (Å²) in [6, 6.07) is -1.53. The van der Waals surface area contributed by atoms with Crippen molar-refractivity contribution in [2.24, 2.45) is 0 Å². The maximum absolute atomic E-state index is 12.9. The zero-order valence-corrected chi connectivity index (χ0v) is 38.6. The van der Waals surface area contributed by atoms with Crippen LogP contribution >= 0.6 is 43.2 Å². The van der Waals surface area contributed by atoms with Gasteiger partial charge in [-0.2, -0.15) is 0 Å². The van der Waals surface area contributed by atoms with Crippen LogP contribution in [0.5, 0.6) is 0 Å². The van der Waals surface area contributed by atoms with Crippen molar-refractivity contribution in [1.82, 2.24) is 20.9 Å². The number of hydrogen-bond acceptors (Lipinski definition) is 11. The van der Waals surface area contributed by atoms with Crippen molar-refractivity contribution < 1.29 is 122 Å². The Morgan fingerprint density at radius 1 is 0.711 bits per heavy atom. The number of nitrogens with zero attached hydrogens (tertiary/aromatic N) is 1. The smallest absolute Gasteiger partial charge is 0.407 e. The summed E-state index contributed by atoms with van der Waals surface area (Å²) in [5, 5.41) is 7.92. The van der Waals surface area contributed by atoms with Gasteiger partial charge in [0.1, 0.15) is 39.4 Å². The number of nitrogens with one attached hydrogen (secondary N) is 5. The number of Topliss-reactive ketones (excluding diaryl/α,β-unsaturated/α-hetero) is 2. The van der Waals surface area contributed by atoms with E-state index in [1.807, 2.05) is 0 Å². The average molecular weight is 1130 g/mol. The molecular weight excluding hydrogens is 1090 g/mol. The van der Waals surface area contributed by atoms with E-state index in [4.69, 9.17) is 16.2 Å². The standard InChI is InChI=1S/C26H42N6O7S4.2Ac/c1-26(2,3)39-25(38)31-13-10-20(35)32(14-18(33)29-11-6-4-8-16(27)21(36)23-40-41-23)15-19(34)30-12-7-5-9-17(28)22(37)24-42-43-24;;/h16-17,23-24,27-28H,4-15H2,1-3H3,(H,29,33)(H,30,34)(H,31,38);;/q-2;;/t16-,17-;;/m0../s1. The third-order valence-electron chi connectivity index (χ3n) is 6.05. The molecule has 5 N–H and O–H groups in total. The van der Waals surface area contributed by atoms with Gasteiger partial charge in [-0.15, -0.1) is 0 Å². The van der Waals surface area contributed by atoms with Crippen LogP contribution in [0.15, 0.2) is 0 Å². The first kappa shape index (κ1) is 46.2. The van der Waals surface area contributed by atoms with E-state index in [0.29, 0.717) is 51.6 Å². The topological polar surface area (TPSA) is 199 Å². The Bertz CT molecular complexity index is 949. The Morgan fingerprint density at radius 2 is 1.13 bits per heavy atom. The molecule has 0 aromatic rings. The maximum atomic E-state index is 12.9. The zero-order chi connectivity index (χ0) is 32.0. The summed E-state index contributed by atoms with van der Waals surface area (Å²) in [5.74, 6) is -1.56. The van der Waals surface area contributed by atoms with Gasteiger partial charge in [-0.3, -0.25) is 24.0 Å². The number of ether oxygens (including phenoxy) is 1. The number of ketones is 2. The van der Waals surface area contributed by atoms with Gasteiger partial charge in [-0.1, -0.05) is 80.9 Å². The van der Waals surface area contributed by atoms with E-state index in [-0.39, 0.29) is 135 Å². The number of alkyl carbamates (subject to hydrolysis) is 1. The predicted molar refractivity (Wildman–Crippen MR) is 173 cm³/mol. The molecule has 0 bridgehead atoms. The molecule has 2 aliphatic heterocycles. The van der Waals surface area contributed by atoms with Crippen LogP contribution < -0.4 is 16.0 Å². The average Bonchev–Trinajstić information content (AvgIpc) is 3.83. The van der Waals surface area contributed by atoms with Gasteiger partial charge in [0.2, 0.25) is 17.7 Å². The second-order valence-electron chi connectivity index (χ2n) is 11.1. The minimum Gasteiger partial charge on any atom is -0.668 e. The maximum Gasteiger partial charge on any atom is 0.407 e. The van der Waals surface area contributed by atoms with Gasteiger partial charge in [0.25, 0.3) is 0 Å². The molecule has 0 aromatic carbocycles. The van der Waals surface area contributed by atoms with Crippen molar-refractivity contribution in [1.29, 1.82) is 0 Å². The number of unbranched alkanes of at least 4 members (excludes halogenated alkanes) is 2. The summed E-state index contributed by atoms with van der Waals surface area (Å²) >= 11 is 0. The van der Waals surface area contributed by atoms with Gasteiger partial charge in [-0.25, -0.2) is 4.79 Å². The van der Waals surface area contributed by atoms with Crippen LogP contribution in [-0.2, 0) is 28.7 Å². The SMILES string of the molecule is CC(C)(C)OC(=O)NCCC(=O)N(CC(=O)NCCCC[C@H]([NH-])C(=O)C1SS1)CC(=O)NCCCC[C@H]([NH-])C(=O)C1SS1.[Ac].[Ac]. The monoisotopic (exact) mass is 1130 g/mol. The molecule has 2 heterocycles. The Morgan fingerprint density at radius 3 is 1.51 bits per heavy atom. The summed E-state index contributed by atoms with van der Waals surface area (Å²) in [6.07, 6.45) is 2.33. The van der Waals surface area contributed by atoms with Crippen molar-refractivity contribution in [3.05, 3.63) is 11.5 Å². The van der Waals surface area contributed by atoms with Gasteiger partial charge in [0, 0.05) is 114 Å². The van der Waals surface area contributed by atoms with E-state index >= 15 is 0 Å². The van der Waals surface area contributed by atoms with E-state index in [1.165, 1.54) is 43.2 Å². The summed E-state index contributed by atoms with van der Waals surface area (Å²) < 4.78 is 4.93. The summed E-state index contributed by atoms with van der Waals surface area (Å²) in [4.78, 5) is 74.8. The minimum atomic E-state index is -0.763. The largest absolute Gasteiger partial charge is 0.668 e. The molecule has 0 unspecified atom stereocenters. The minimum absolute atomic E-state index is 0. The number of amides is 4. The third kappa shape index (κ3) is 21.8. The van der Waals surface area contributed by atoms with Gasteiger partial charge in [0.15, 0.2) is 0 Å². The van der Waals surface area contributed by atoms with Crippen LogP contribution in [0.4, 0.5) is 4.79 Å². The number of hydrogen-bond donors (Lipinski definition) is 3. The quantitative estimate of drug-likeness (QED) is 0.0861. The Hall–Kier alpha value is 1.22. The fraction of sp³-hybridized carbons (Fsp3) is 0.769. The van der Waals surface area contributed by atoms with Gasteiger partial charge >= 0.3 is 6.09 Å². The summed E-state index contributed by atoms with van der Waals surface area (Å²) in [7, 11) is 5.87.